The van der Waals surface area contributed by atoms with Gasteiger partial charge in [-0.3, -0.25) is 4.98 Å². The molecule has 19 heavy (non-hydrogen) atoms. The molecular weight excluding hydrogens is 238 g/mol. The lowest BCUT2D eigenvalue weighted by atomic mass is 9.97. The van der Waals surface area contributed by atoms with Crippen molar-refractivity contribution in [2.75, 3.05) is 26.7 Å². The standard InChI is InChI=1S/C15H27N3O/c1-15(16,13-19)8-3-4-11-18(2)12-7-14-5-9-17-10-6-14/h5-6,9-10,19H,3-4,7-8,11-13,16H2,1-2H3. The molecule has 0 radical (unpaired) electrons. The molecule has 1 unspecified atom stereocenters. The predicted molar refractivity (Wildman–Crippen MR) is 79.0 cm³/mol. The lowest BCUT2D eigenvalue weighted by Gasteiger charge is -2.22. The summed E-state index contributed by atoms with van der Waals surface area (Å²) in [6.45, 7) is 4.10. The highest BCUT2D eigenvalue weighted by Crippen LogP contribution is 2.10. The smallest absolute Gasteiger partial charge is 0.0608 e. The zero-order chi connectivity index (χ0) is 14.1. The van der Waals surface area contributed by atoms with Crippen LogP contribution in [0, 0.1) is 0 Å². The van der Waals surface area contributed by atoms with Gasteiger partial charge in [0.15, 0.2) is 0 Å². The van der Waals surface area contributed by atoms with Crippen molar-refractivity contribution >= 4 is 0 Å². The third kappa shape index (κ3) is 7.25. The quantitative estimate of drug-likeness (QED) is 0.663. The van der Waals surface area contributed by atoms with Gasteiger partial charge in [0.05, 0.1) is 6.61 Å². The number of unbranched alkanes of at least 4 members (excludes halogenated alkanes) is 1. The summed E-state index contributed by atoms with van der Waals surface area (Å²) >= 11 is 0. The Kier molecular flexibility index (Phi) is 6.99. The van der Waals surface area contributed by atoms with Crippen LogP contribution in [0.2, 0.25) is 0 Å². The van der Waals surface area contributed by atoms with E-state index in [1.165, 1.54) is 5.56 Å². The third-order valence-corrected chi connectivity index (χ3v) is 3.43. The Hall–Kier alpha value is -0.970. The molecule has 0 aliphatic carbocycles. The van der Waals surface area contributed by atoms with E-state index in [1.807, 2.05) is 19.3 Å². The fraction of sp³-hybridized carbons (Fsp3) is 0.667. The van der Waals surface area contributed by atoms with E-state index in [0.717, 1.165) is 38.8 Å². The summed E-state index contributed by atoms with van der Waals surface area (Å²) in [5, 5.41) is 9.07. The van der Waals surface area contributed by atoms with E-state index in [2.05, 4.69) is 29.1 Å². The van der Waals surface area contributed by atoms with Crippen molar-refractivity contribution in [1.29, 1.82) is 0 Å². The average Bonchev–Trinajstić information content (AvgIpc) is 2.42. The first-order chi connectivity index (χ1) is 9.03. The maximum Gasteiger partial charge on any atom is 0.0608 e. The fourth-order valence-corrected chi connectivity index (χ4v) is 1.97. The summed E-state index contributed by atoms with van der Waals surface area (Å²) < 4.78 is 0. The average molecular weight is 265 g/mol. The van der Waals surface area contributed by atoms with Gasteiger partial charge < -0.3 is 15.7 Å². The Morgan fingerprint density at radius 3 is 2.58 bits per heavy atom. The van der Waals surface area contributed by atoms with Gasteiger partial charge in [0.25, 0.3) is 0 Å². The van der Waals surface area contributed by atoms with Crippen molar-refractivity contribution in [3.8, 4) is 0 Å². The van der Waals surface area contributed by atoms with Crippen LogP contribution in [0.3, 0.4) is 0 Å². The second-order valence-electron chi connectivity index (χ2n) is 5.68. The minimum absolute atomic E-state index is 0.0604. The number of likely N-dealkylation sites (N-methyl/N-ethyl adjacent to an activating group) is 1. The summed E-state index contributed by atoms with van der Waals surface area (Å²) in [6.07, 6.45) is 7.80. The molecular formula is C15H27N3O. The highest BCUT2D eigenvalue weighted by molar-refractivity contribution is 5.09. The van der Waals surface area contributed by atoms with Crippen molar-refractivity contribution in [1.82, 2.24) is 9.88 Å². The Morgan fingerprint density at radius 1 is 1.26 bits per heavy atom. The highest BCUT2D eigenvalue weighted by Gasteiger charge is 2.15. The molecule has 3 N–H and O–H groups in total. The van der Waals surface area contributed by atoms with E-state index in [1.54, 1.807) is 0 Å². The monoisotopic (exact) mass is 265 g/mol. The lowest BCUT2D eigenvalue weighted by Crippen LogP contribution is -2.40. The third-order valence-electron chi connectivity index (χ3n) is 3.43. The molecule has 1 aromatic heterocycles. The van der Waals surface area contributed by atoms with Gasteiger partial charge in [-0.2, -0.15) is 0 Å². The molecule has 0 amide bonds. The van der Waals surface area contributed by atoms with Crippen molar-refractivity contribution in [2.45, 2.75) is 38.1 Å². The van der Waals surface area contributed by atoms with Gasteiger partial charge in [-0.15, -0.1) is 0 Å². The topological polar surface area (TPSA) is 62.4 Å². The number of aromatic nitrogens is 1. The summed E-state index contributed by atoms with van der Waals surface area (Å²) in [5.74, 6) is 0. The van der Waals surface area contributed by atoms with Gasteiger partial charge in [0, 0.05) is 24.5 Å². The summed E-state index contributed by atoms with van der Waals surface area (Å²) in [7, 11) is 2.15. The van der Waals surface area contributed by atoms with Gasteiger partial charge in [0.2, 0.25) is 0 Å². The second kappa shape index (κ2) is 8.25. The number of rotatable bonds is 9. The SMILES string of the molecule is CN(CCCCC(C)(N)CO)CCc1ccncc1. The van der Waals surface area contributed by atoms with Crippen LogP contribution in [0.15, 0.2) is 24.5 Å². The number of pyridine rings is 1. The molecule has 0 saturated heterocycles. The van der Waals surface area contributed by atoms with Crippen LogP contribution < -0.4 is 5.73 Å². The molecule has 0 aliphatic heterocycles. The van der Waals surface area contributed by atoms with Crippen LogP contribution in [0.25, 0.3) is 0 Å². The van der Waals surface area contributed by atoms with E-state index < -0.39 is 5.54 Å². The fourth-order valence-electron chi connectivity index (χ4n) is 1.97. The maximum atomic E-state index is 9.07. The molecule has 4 nitrogen and oxygen atoms in total. The van der Waals surface area contributed by atoms with Crippen molar-refractivity contribution in [2.24, 2.45) is 5.73 Å². The summed E-state index contributed by atoms with van der Waals surface area (Å²) in [4.78, 5) is 6.36. The number of nitrogens with zero attached hydrogens (tertiary/aromatic N) is 2. The zero-order valence-electron chi connectivity index (χ0n) is 12.2. The molecule has 0 aliphatic rings. The largest absolute Gasteiger partial charge is 0.394 e. The van der Waals surface area contributed by atoms with Crippen LogP contribution >= 0.6 is 0 Å². The van der Waals surface area contributed by atoms with Gasteiger partial charge in [-0.1, -0.05) is 6.42 Å². The molecule has 1 heterocycles. The van der Waals surface area contributed by atoms with Crippen molar-refractivity contribution < 1.29 is 5.11 Å². The summed E-state index contributed by atoms with van der Waals surface area (Å²) in [6, 6.07) is 4.13. The first-order valence-corrected chi connectivity index (χ1v) is 7.01. The van der Waals surface area contributed by atoms with E-state index in [9.17, 15) is 0 Å². The molecule has 108 valence electrons. The van der Waals surface area contributed by atoms with E-state index in [4.69, 9.17) is 10.8 Å². The molecule has 4 heteroatoms. The molecule has 1 atom stereocenters. The van der Waals surface area contributed by atoms with E-state index in [0.29, 0.717) is 0 Å². The van der Waals surface area contributed by atoms with Gasteiger partial charge in [-0.25, -0.2) is 0 Å². The van der Waals surface area contributed by atoms with Crippen LogP contribution in [0.5, 0.6) is 0 Å². The normalized spacial score (nSPS) is 14.6. The Labute approximate surface area is 116 Å². The first kappa shape index (κ1) is 16.1. The number of nitrogens with two attached hydrogens (primary N) is 1. The molecule has 1 aromatic rings. The van der Waals surface area contributed by atoms with Gasteiger partial charge >= 0.3 is 0 Å². The minimum atomic E-state index is -0.421. The molecule has 0 spiro atoms. The number of hydrogen-bond donors (Lipinski definition) is 2. The molecule has 0 fully saturated rings. The van der Waals surface area contributed by atoms with E-state index >= 15 is 0 Å². The molecule has 0 bridgehead atoms. The number of hydrogen-bond acceptors (Lipinski definition) is 4. The van der Waals surface area contributed by atoms with Crippen molar-refractivity contribution in [3.63, 3.8) is 0 Å². The Balaban J connectivity index is 2.10. The summed E-state index contributed by atoms with van der Waals surface area (Å²) in [5.41, 5.74) is 6.81. The molecule has 0 aromatic carbocycles. The van der Waals surface area contributed by atoms with Crippen LogP contribution in [-0.4, -0.2) is 47.3 Å². The van der Waals surface area contributed by atoms with Crippen LogP contribution in [0.1, 0.15) is 31.7 Å². The zero-order valence-corrected chi connectivity index (χ0v) is 12.2. The minimum Gasteiger partial charge on any atom is -0.394 e. The maximum absolute atomic E-state index is 9.07. The number of aliphatic hydroxyl groups excluding tert-OH is 1. The Bertz CT molecular complexity index is 341. The van der Waals surface area contributed by atoms with E-state index in [-0.39, 0.29) is 6.61 Å². The Morgan fingerprint density at radius 2 is 1.95 bits per heavy atom. The molecule has 0 saturated carbocycles. The van der Waals surface area contributed by atoms with Crippen LogP contribution in [0.4, 0.5) is 0 Å². The highest BCUT2D eigenvalue weighted by atomic mass is 16.3. The second-order valence-corrected chi connectivity index (χ2v) is 5.68. The van der Waals surface area contributed by atoms with Gasteiger partial charge in [0.1, 0.15) is 0 Å². The predicted octanol–water partition coefficient (Wildman–Crippen LogP) is 1.44. The first-order valence-electron chi connectivity index (χ1n) is 7.01. The molecule has 1 rings (SSSR count). The van der Waals surface area contributed by atoms with Gasteiger partial charge in [-0.05, 0) is 57.5 Å². The number of aliphatic hydroxyl groups is 1. The van der Waals surface area contributed by atoms with Crippen LogP contribution in [-0.2, 0) is 6.42 Å². The van der Waals surface area contributed by atoms with Crippen molar-refractivity contribution in [3.05, 3.63) is 30.1 Å². The lowest BCUT2D eigenvalue weighted by molar-refractivity contribution is 0.195.